The van der Waals surface area contributed by atoms with Gasteiger partial charge in [-0.05, 0) is 49.9 Å². The third kappa shape index (κ3) is 7.74. The van der Waals surface area contributed by atoms with Crippen molar-refractivity contribution in [3.63, 3.8) is 0 Å². The van der Waals surface area contributed by atoms with Gasteiger partial charge < -0.3 is 19.7 Å². The van der Waals surface area contributed by atoms with Crippen molar-refractivity contribution < 1.29 is 17.9 Å². The van der Waals surface area contributed by atoms with Gasteiger partial charge in [-0.3, -0.25) is 4.99 Å². The maximum absolute atomic E-state index is 11.6. The van der Waals surface area contributed by atoms with Crippen LogP contribution in [-0.2, 0) is 10.0 Å². The van der Waals surface area contributed by atoms with Crippen LogP contribution in [0.4, 0.5) is 0 Å². The number of hydrogen-bond donors (Lipinski definition) is 1. The molecule has 1 aliphatic heterocycles. The molecule has 1 aliphatic rings. The van der Waals surface area contributed by atoms with Crippen molar-refractivity contribution in [1.29, 1.82) is 0 Å². The Morgan fingerprint density at radius 3 is 2.41 bits per heavy atom. The van der Waals surface area contributed by atoms with Crippen LogP contribution in [0.5, 0.6) is 11.5 Å². The molecule has 1 aromatic rings. The first-order chi connectivity index (χ1) is 13.8. The van der Waals surface area contributed by atoms with E-state index in [0.29, 0.717) is 38.7 Å². The van der Waals surface area contributed by atoms with Crippen molar-refractivity contribution in [3.8, 4) is 11.5 Å². The molecule has 29 heavy (non-hydrogen) atoms. The number of rotatable bonds is 9. The van der Waals surface area contributed by atoms with Crippen LogP contribution in [0.15, 0.2) is 29.3 Å². The van der Waals surface area contributed by atoms with Crippen LogP contribution in [0, 0.1) is 5.92 Å². The zero-order chi connectivity index (χ0) is 21.3. The topological polar surface area (TPSA) is 83.5 Å². The average molecular weight is 427 g/mol. The number of ether oxygens (including phenoxy) is 2. The number of nitrogens with one attached hydrogen (secondary N) is 1. The molecule has 164 valence electrons. The summed E-state index contributed by atoms with van der Waals surface area (Å²) in [4.78, 5) is 6.82. The molecule has 0 aromatic heterocycles. The Bertz CT molecular complexity index is 744. The van der Waals surface area contributed by atoms with Gasteiger partial charge >= 0.3 is 0 Å². The number of hydrogen-bond acceptors (Lipinski definition) is 5. The van der Waals surface area contributed by atoms with E-state index in [1.54, 1.807) is 11.4 Å². The first-order valence-electron chi connectivity index (χ1n) is 10.0. The molecule has 0 aliphatic carbocycles. The highest BCUT2D eigenvalue weighted by Gasteiger charge is 2.24. The smallest absolute Gasteiger partial charge is 0.211 e. The van der Waals surface area contributed by atoms with Crippen LogP contribution >= 0.6 is 0 Å². The highest BCUT2D eigenvalue weighted by molar-refractivity contribution is 7.88. The lowest BCUT2D eigenvalue weighted by Gasteiger charge is -2.30. The summed E-state index contributed by atoms with van der Waals surface area (Å²) >= 11 is 0. The minimum atomic E-state index is -3.08. The zero-order valence-corrected chi connectivity index (χ0v) is 18.7. The highest BCUT2D eigenvalue weighted by atomic mass is 32.2. The van der Waals surface area contributed by atoms with Crippen LogP contribution in [0.2, 0.25) is 0 Å². The molecule has 0 amide bonds. The summed E-state index contributed by atoms with van der Waals surface area (Å²) in [5.74, 6) is 2.86. The van der Waals surface area contributed by atoms with E-state index in [2.05, 4.69) is 10.2 Å². The van der Waals surface area contributed by atoms with Gasteiger partial charge in [0.25, 0.3) is 0 Å². The number of sulfonamides is 1. The Hall–Kier alpha value is -2.00. The minimum absolute atomic E-state index is 0.408. The quantitative estimate of drug-likeness (QED) is 0.477. The summed E-state index contributed by atoms with van der Waals surface area (Å²) in [6.45, 7) is 5.94. The standard InChI is InChI=1S/C20H34N4O4S/c1-5-21-20(22-16-17-10-12-24(13-11-17)29(4,25)26)23(2)14-15-28-19-8-6-18(27-3)7-9-19/h6-9,17H,5,10-16H2,1-4H3,(H,21,22). The van der Waals surface area contributed by atoms with Crippen LogP contribution < -0.4 is 14.8 Å². The number of aliphatic imine (C=N–C) groups is 1. The van der Waals surface area contributed by atoms with Crippen LogP contribution in [-0.4, -0.2) is 83.3 Å². The van der Waals surface area contributed by atoms with Crippen molar-refractivity contribution in [2.24, 2.45) is 10.9 Å². The van der Waals surface area contributed by atoms with E-state index in [1.165, 1.54) is 6.26 Å². The summed E-state index contributed by atoms with van der Waals surface area (Å²) in [6, 6.07) is 7.53. The van der Waals surface area contributed by atoms with Gasteiger partial charge in [0.05, 0.1) is 19.9 Å². The lowest BCUT2D eigenvalue weighted by Crippen LogP contribution is -2.42. The molecule has 1 saturated heterocycles. The van der Waals surface area contributed by atoms with Crippen LogP contribution in [0.3, 0.4) is 0 Å². The van der Waals surface area contributed by atoms with Gasteiger partial charge in [0.2, 0.25) is 10.0 Å². The van der Waals surface area contributed by atoms with Crippen molar-refractivity contribution in [2.45, 2.75) is 19.8 Å². The zero-order valence-electron chi connectivity index (χ0n) is 17.9. The third-order valence-electron chi connectivity index (χ3n) is 4.99. The Morgan fingerprint density at radius 2 is 1.86 bits per heavy atom. The SMILES string of the molecule is CCNC(=NCC1CCN(S(C)(=O)=O)CC1)N(C)CCOc1ccc(OC)cc1. The lowest BCUT2D eigenvalue weighted by atomic mass is 9.98. The molecule has 0 spiro atoms. The molecule has 1 heterocycles. The molecule has 1 aromatic carbocycles. The molecular formula is C20H34N4O4S. The van der Waals surface area contributed by atoms with Crippen molar-refractivity contribution in [2.75, 3.05) is 59.7 Å². The molecule has 1 fully saturated rings. The summed E-state index contributed by atoms with van der Waals surface area (Å²) in [6.07, 6.45) is 2.97. The van der Waals surface area contributed by atoms with Gasteiger partial charge in [-0.2, -0.15) is 0 Å². The molecule has 8 nitrogen and oxygen atoms in total. The van der Waals surface area contributed by atoms with Crippen molar-refractivity contribution >= 4 is 16.0 Å². The molecule has 9 heteroatoms. The van der Waals surface area contributed by atoms with E-state index in [1.807, 2.05) is 38.2 Å². The van der Waals surface area contributed by atoms with E-state index in [-0.39, 0.29) is 0 Å². The molecular weight excluding hydrogens is 392 g/mol. The predicted octanol–water partition coefficient (Wildman–Crippen LogP) is 1.64. The number of nitrogens with zero attached hydrogens (tertiary/aromatic N) is 3. The van der Waals surface area contributed by atoms with E-state index in [4.69, 9.17) is 14.5 Å². The molecule has 0 saturated carbocycles. The number of likely N-dealkylation sites (N-methyl/N-ethyl adjacent to an activating group) is 1. The molecule has 0 atom stereocenters. The molecule has 0 radical (unpaired) electrons. The fourth-order valence-electron chi connectivity index (χ4n) is 3.19. The second-order valence-corrected chi connectivity index (χ2v) is 9.23. The van der Waals surface area contributed by atoms with Crippen molar-refractivity contribution in [3.05, 3.63) is 24.3 Å². The molecule has 0 unspecified atom stereocenters. The number of piperidine rings is 1. The molecule has 1 N–H and O–H groups in total. The Labute approximate surface area is 174 Å². The van der Waals surface area contributed by atoms with Crippen LogP contribution in [0.25, 0.3) is 0 Å². The van der Waals surface area contributed by atoms with E-state index in [9.17, 15) is 8.42 Å². The van der Waals surface area contributed by atoms with Gasteiger partial charge in [0.15, 0.2) is 5.96 Å². The van der Waals surface area contributed by atoms with E-state index >= 15 is 0 Å². The normalized spacial score (nSPS) is 16.5. The monoisotopic (exact) mass is 426 g/mol. The molecule has 0 bridgehead atoms. The number of guanidine groups is 1. The van der Waals surface area contributed by atoms with Gasteiger partial charge in [-0.15, -0.1) is 0 Å². The second kappa shape index (κ2) is 11.3. The number of benzene rings is 1. The summed E-state index contributed by atoms with van der Waals surface area (Å²) < 4.78 is 35.8. The van der Waals surface area contributed by atoms with E-state index < -0.39 is 10.0 Å². The van der Waals surface area contributed by atoms with Gasteiger partial charge in [0, 0.05) is 33.2 Å². The summed E-state index contributed by atoms with van der Waals surface area (Å²) in [5.41, 5.74) is 0. The maximum atomic E-state index is 11.6. The first kappa shape index (κ1) is 23.3. The fraction of sp³-hybridized carbons (Fsp3) is 0.650. The van der Waals surface area contributed by atoms with Gasteiger partial charge in [-0.25, -0.2) is 12.7 Å². The largest absolute Gasteiger partial charge is 0.497 e. The highest BCUT2D eigenvalue weighted by Crippen LogP contribution is 2.19. The number of methoxy groups -OCH3 is 1. The lowest BCUT2D eigenvalue weighted by molar-refractivity contribution is 0.274. The third-order valence-corrected chi connectivity index (χ3v) is 6.30. The first-order valence-corrected chi connectivity index (χ1v) is 11.9. The Balaban J connectivity index is 1.80. The molecule has 2 rings (SSSR count). The Morgan fingerprint density at radius 1 is 1.24 bits per heavy atom. The predicted molar refractivity (Wildman–Crippen MR) is 116 cm³/mol. The summed E-state index contributed by atoms with van der Waals surface area (Å²) in [7, 11) is 0.548. The Kier molecular flexibility index (Phi) is 9.03. The minimum Gasteiger partial charge on any atom is -0.497 e. The van der Waals surface area contributed by atoms with E-state index in [0.717, 1.165) is 36.8 Å². The second-order valence-electron chi connectivity index (χ2n) is 7.25. The van der Waals surface area contributed by atoms with Gasteiger partial charge in [-0.1, -0.05) is 0 Å². The average Bonchev–Trinajstić information content (AvgIpc) is 2.71. The van der Waals surface area contributed by atoms with Crippen molar-refractivity contribution in [1.82, 2.24) is 14.5 Å². The summed E-state index contributed by atoms with van der Waals surface area (Å²) in [5, 5.41) is 3.32. The van der Waals surface area contributed by atoms with Crippen LogP contribution in [0.1, 0.15) is 19.8 Å². The van der Waals surface area contributed by atoms with Gasteiger partial charge in [0.1, 0.15) is 18.1 Å². The fourth-order valence-corrected chi connectivity index (χ4v) is 4.06. The maximum Gasteiger partial charge on any atom is 0.211 e.